The summed E-state index contributed by atoms with van der Waals surface area (Å²) >= 11 is 11.9. The molecule has 0 aliphatic carbocycles. The van der Waals surface area contributed by atoms with Gasteiger partial charge in [-0.1, -0.05) is 23.2 Å². The summed E-state index contributed by atoms with van der Waals surface area (Å²) in [4.78, 5) is 16.6. The van der Waals surface area contributed by atoms with Crippen molar-refractivity contribution < 1.29 is 17.9 Å². The molecule has 0 radical (unpaired) electrons. The fraction of sp³-hybridized carbons (Fsp3) is 0.333. The number of nitrogens with zero attached hydrogens (tertiary/aromatic N) is 2. The molecule has 3 rings (SSSR count). The lowest BCUT2D eigenvalue weighted by molar-refractivity contribution is 0.0919. The second-order valence-electron chi connectivity index (χ2n) is 7.25. The number of ether oxygens (including phenoxy) is 1. The maximum absolute atomic E-state index is 13.2. The van der Waals surface area contributed by atoms with Crippen LogP contribution in [-0.4, -0.2) is 38.0 Å². The van der Waals surface area contributed by atoms with Crippen molar-refractivity contribution in [1.82, 2.24) is 10.3 Å². The molecular formula is C18H19Cl2N3O4S. The maximum atomic E-state index is 13.2. The summed E-state index contributed by atoms with van der Waals surface area (Å²) in [5, 5.41) is 3.21. The van der Waals surface area contributed by atoms with Crippen LogP contribution in [0.1, 0.15) is 31.1 Å². The SMILES string of the molecule is CC(C)(C)NC(=O)c1cnc2c(c1)N(S(=O)(=O)c1ccc(Cl)c(Cl)c1)CCO2. The number of nitrogens with one attached hydrogen (secondary N) is 1. The first kappa shape index (κ1) is 20.7. The molecule has 2 aromatic rings. The molecule has 1 N–H and O–H groups in total. The Hall–Kier alpha value is -2.03. The first-order valence-electron chi connectivity index (χ1n) is 8.42. The Kier molecular flexibility index (Phi) is 5.49. The highest BCUT2D eigenvalue weighted by atomic mass is 35.5. The first-order valence-corrected chi connectivity index (χ1v) is 10.6. The summed E-state index contributed by atoms with van der Waals surface area (Å²) in [5.74, 6) is -0.220. The van der Waals surface area contributed by atoms with Gasteiger partial charge in [-0.3, -0.25) is 9.10 Å². The summed E-state index contributed by atoms with van der Waals surface area (Å²) in [7, 11) is -3.95. The third-order valence-corrected chi connectivity index (χ3v) is 6.41. The molecular weight excluding hydrogens is 425 g/mol. The second kappa shape index (κ2) is 7.42. The van der Waals surface area contributed by atoms with Gasteiger partial charge in [0.1, 0.15) is 12.3 Å². The number of amides is 1. The highest BCUT2D eigenvalue weighted by molar-refractivity contribution is 7.92. The van der Waals surface area contributed by atoms with E-state index < -0.39 is 15.6 Å². The van der Waals surface area contributed by atoms with Crippen LogP contribution in [0.25, 0.3) is 0 Å². The van der Waals surface area contributed by atoms with Crippen molar-refractivity contribution >= 4 is 44.8 Å². The standard InChI is InChI=1S/C18H19Cl2N3O4S/c1-18(2,3)22-16(24)11-8-15-17(21-10-11)27-7-6-23(15)28(25,26)12-4-5-13(19)14(20)9-12/h4-5,8-10H,6-7H2,1-3H3,(H,22,24). The van der Waals surface area contributed by atoms with Crippen LogP contribution in [0, 0.1) is 0 Å². The summed E-state index contributed by atoms with van der Waals surface area (Å²) in [5.41, 5.74) is -0.0256. The molecule has 0 fully saturated rings. The number of fused-ring (bicyclic) bond motifs is 1. The van der Waals surface area contributed by atoms with Gasteiger partial charge >= 0.3 is 0 Å². The fourth-order valence-corrected chi connectivity index (χ4v) is 4.46. The smallest absolute Gasteiger partial charge is 0.264 e. The van der Waals surface area contributed by atoms with E-state index in [0.717, 1.165) is 4.31 Å². The van der Waals surface area contributed by atoms with Crippen LogP contribution < -0.4 is 14.4 Å². The van der Waals surface area contributed by atoms with Crippen molar-refractivity contribution in [3.8, 4) is 5.88 Å². The Bertz CT molecular complexity index is 1040. The topological polar surface area (TPSA) is 88.6 Å². The summed E-state index contributed by atoms with van der Waals surface area (Å²) in [6.07, 6.45) is 1.36. The minimum atomic E-state index is -3.95. The molecule has 10 heteroatoms. The van der Waals surface area contributed by atoms with Crippen molar-refractivity contribution in [2.45, 2.75) is 31.2 Å². The number of hydrogen-bond acceptors (Lipinski definition) is 5. The molecule has 0 atom stereocenters. The number of rotatable bonds is 3. The van der Waals surface area contributed by atoms with Crippen LogP contribution in [0.2, 0.25) is 10.0 Å². The molecule has 0 bridgehead atoms. The third-order valence-electron chi connectivity index (χ3n) is 3.86. The number of sulfonamides is 1. The lowest BCUT2D eigenvalue weighted by Gasteiger charge is -2.30. The Morgan fingerprint density at radius 2 is 1.93 bits per heavy atom. The lowest BCUT2D eigenvalue weighted by atomic mass is 10.1. The van der Waals surface area contributed by atoms with Crippen LogP contribution in [0.15, 0.2) is 35.4 Å². The Morgan fingerprint density at radius 3 is 2.57 bits per heavy atom. The molecule has 0 unspecified atom stereocenters. The molecule has 0 spiro atoms. The molecule has 150 valence electrons. The van der Waals surface area contributed by atoms with Gasteiger partial charge in [-0.25, -0.2) is 13.4 Å². The third kappa shape index (κ3) is 4.19. The van der Waals surface area contributed by atoms with Crippen LogP contribution in [-0.2, 0) is 10.0 Å². The molecule has 1 aliphatic heterocycles. The van der Waals surface area contributed by atoms with Gasteiger partial charge in [0, 0.05) is 11.7 Å². The van der Waals surface area contributed by atoms with Crippen LogP contribution >= 0.6 is 23.2 Å². The molecule has 1 aliphatic rings. The Morgan fingerprint density at radius 1 is 1.21 bits per heavy atom. The Balaban J connectivity index is 2.03. The number of benzene rings is 1. The number of hydrogen-bond donors (Lipinski definition) is 1. The van der Waals surface area contributed by atoms with Gasteiger partial charge in [0.2, 0.25) is 5.88 Å². The Labute approximate surface area is 173 Å². The zero-order chi connectivity index (χ0) is 20.7. The van der Waals surface area contributed by atoms with Crippen molar-refractivity contribution in [3.63, 3.8) is 0 Å². The van der Waals surface area contributed by atoms with Gasteiger partial charge in [-0.05, 0) is 45.0 Å². The van der Waals surface area contributed by atoms with Crippen molar-refractivity contribution in [2.75, 3.05) is 17.5 Å². The van der Waals surface area contributed by atoms with Crippen molar-refractivity contribution in [2.24, 2.45) is 0 Å². The van der Waals surface area contributed by atoms with Gasteiger partial charge in [0.15, 0.2) is 0 Å². The fourth-order valence-electron chi connectivity index (χ4n) is 2.63. The largest absolute Gasteiger partial charge is 0.474 e. The molecule has 7 nitrogen and oxygen atoms in total. The van der Waals surface area contributed by atoms with Gasteiger partial charge in [-0.2, -0.15) is 0 Å². The average Bonchev–Trinajstić information content (AvgIpc) is 2.61. The van der Waals surface area contributed by atoms with Crippen LogP contribution in [0.4, 0.5) is 5.69 Å². The molecule has 1 aromatic heterocycles. The number of aromatic nitrogens is 1. The molecule has 0 saturated carbocycles. The van der Waals surface area contributed by atoms with E-state index in [1.54, 1.807) is 0 Å². The van der Waals surface area contributed by atoms with E-state index in [-0.39, 0.29) is 51.1 Å². The lowest BCUT2D eigenvalue weighted by Crippen LogP contribution is -2.41. The van der Waals surface area contributed by atoms with Gasteiger partial charge in [0.25, 0.3) is 15.9 Å². The average molecular weight is 444 g/mol. The van der Waals surface area contributed by atoms with Gasteiger partial charge < -0.3 is 10.1 Å². The normalized spacial score (nSPS) is 14.2. The van der Waals surface area contributed by atoms with Crippen LogP contribution in [0.5, 0.6) is 5.88 Å². The van der Waals surface area contributed by atoms with Crippen molar-refractivity contribution in [1.29, 1.82) is 0 Å². The predicted molar refractivity (Wildman–Crippen MR) is 108 cm³/mol. The van der Waals surface area contributed by atoms with Gasteiger partial charge in [-0.15, -0.1) is 0 Å². The molecule has 1 aromatic carbocycles. The summed E-state index contributed by atoms with van der Waals surface area (Å²) in [6.45, 7) is 5.75. The molecule has 1 amide bonds. The number of pyridine rings is 1. The van der Waals surface area contributed by atoms with Crippen molar-refractivity contribution in [3.05, 3.63) is 46.1 Å². The maximum Gasteiger partial charge on any atom is 0.264 e. The summed E-state index contributed by atoms with van der Waals surface area (Å²) < 4.78 is 33.0. The predicted octanol–water partition coefficient (Wildman–Crippen LogP) is 3.50. The monoisotopic (exact) mass is 443 g/mol. The highest BCUT2D eigenvalue weighted by Gasteiger charge is 2.32. The molecule has 0 saturated heterocycles. The number of carbonyl (C=O) groups is 1. The van der Waals surface area contributed by atoms with E-state index in [0.29, 0.717) is 0 Å². The zero-order valence-corrected chi connectivity index (χ0v) is 17.8. The minimum absolute atomic E-state index is 0.0145. The first-order chi connectivity index (χ1) is 13.0. The van der Waals surface area contributed by atoms with Crippen LogP contribution in [0.3, 0.4) is 0 Å². The van der Waals surface area contributed by atoms with E-state index in [9.17, 15) is 13.2 Å². The number of halogens is 2. The van der Waals surface area contributed by atoms with E-state index >= 15 is 0 Å². The van der Waals surface area contributed by atoms with E-state index in [4.69, 9.17) is 27.9 Å². The highest BCUT2D eigenvalue weighted by Crippen LogP contribution is 2.35. The molecule has 2 heterocycles. The second-order valence-corrected chi connectivity index (χ2v) is 9.93. The summed E-state index contributed by atoms with van der Waals surface area (Å²) in [6, 6.07) is 5.54. The van der Waals surface area contributed by atoms with Gasteiger partial charge in [0.05, 0.1) is 27.0 Å². The van der Waals surface area contributed by atoms with E-state index in [1.165, 1.54) is 30.5 Å². The van der Waals surface area contributed by atoms with E-state index in [1.807, 2.05) is 20.8 Å². The minimum Gasteiger partial charge on any atom is -0.474 e. The quantitative estimate of drug-likeness (QED) is 0.783. The molecule has 28 heavy (non-hydrogen) atoms. The number of carbonyl (C=O) groups excluding carboxylic acids is 1. The number of anilines is 1. The van der Waals surface area contributed by atoms with E-state index in [2.05, 4.69) is 10.3 Å². The zero-order valence-electron chi connectivity index (χ0n) is 15.5.